The highest BCUT2D eigenvalue weighted by Gasteiger charge is 2.26. The zero-order valence-electron chi connectivity index (χ0n) is 14.4. The number of carbonyl (C=O) groups is 1. The van der Waals surface area contributed by atoms with Crippen LogP contribution in [0.25, 0.3) is 0 Å². The maximum absolute atomic E-state index is 14.2. The monoisotopic (exact) mass is 378 g/mol. The van der Waals surface area contributed by atoms with Gasteiger partial charge in [-0.05, 0) is 24.3 Å². The number of halogens is 1. The third-order valence-electron chi connectivity index (χ3n) is 4.22. The summed E-state index contributed by atoms with van der Waals surface area (Å²) in [5.74, 6) is -0.769. The number of nitrogens with zero attached hydrogens (tertiary/aromatic N) is 1. The number of nitrogens with one attached hydrogen (secondary N) is 1. The molecule has 1 aliphatic rings. The molecule has 0 spiro atoms. The first-order valence-electron chi connectivity index (χ1n) is 8.05. The Balaban J connectivity index is 1.90. The number of hydrogen-bond donors (Lipinski definition) is 1. The topological polar surface area (TPSA) is 75.7 Å². The normalized spacial score (nSPS) is 16.7. The zero-order valence-corrected chi connectivity index (χ0v) is 15.2. The van der Waals surface area contributed by atoms with Crippen LogP contribution in [-0.2, 0) is 10.0 Å². The standard InChI is InChI=1S/C18H19FN2O4S/c1-21(2)26(23,24)12-7-8-15(19)14(11-12)18(22)20-16-9-10-25-17-6-4-3-5-13(16)17/h3-8,11,16H,9-10H2,1-2H3,(H,20,22)/t16-/m0/s1. The lowest BCUT2D eigenvalue weighted by atomic mass is 10.00. The molecule has 0 bridgehead atoms. The summed E-state index contributed by atoms with van der Waals surface area (Å²) in [6.45, 7) is 0.430. The minimum atomic E-state index is -3.76. The van der Waals surface area contributed by atoms with E-state index in [2.05, 4.69) is 5.32 Å². The predicted molar refractivity (Wildman–Crippen MR) is 94.0 cm³/mol. The van der Waals surface area contributed by atoms with E-state index >= 15 is 0 Å². The number of ether oxygens (including phenoxy) is 1. The summed E-state index contributed by atoms with van der Waals surface area (Å²) in [4.78, 5) is 12.5. The number of amides is 1. The van der Waals surface area contributed by atoms with Crippen molar-refractivity contribution in [1.82, 2.24) is 9.62 Å². The molecule has 1 amide bonds. The van der Waals surface area contributed by atoms with E-state index in [1.807, 2.05) is 18.2 Å². The lowest BCUT2D eigenvalue weighted by molar-refractivity contribution is 0.0920. The molecule has 0 unspecified atom stereocenters. The largest absolute Gasteiger partial charge is 0.493 e. The van der Waals surface area contributed by atoms with Gasteiger partial charge < -0.3 is 10.1 Å². The molecular formula is C18H19FN2O4S. The minimum absolute atomic E-state index is 0.138. The maximum Gasteiger partial charge on any atom is 0.254 e. The zero-order chi connectivity index (χ0) is 18.9. The fraction of sp³-hybridized carbons (Fsp3) is 0.278. The molecule has 1 heterocycles. The lowest BCUT2D eigenvalue weighted by Gasteiger charge is -2.26. The van der Waals surface area contributed by atoms with Gasteiger partial charge >= 0.3 is 0 Å². The molecule has 2 aromatic carbocycles. The van der Waals surface area contributed by atoms with E-state index in [1.165, 1.54) is 14.1 Å². The Hall–Kier alpha value is -2.45. The summed E-state index contributed by atoms with van der Waals surface area (Å²) in [7, 11) is -1.02. The number of fused-ring (bicyclic) bond motifs is 1. The molecule has 0 saturated heterocycles. The van der Waals surface area contributed by atoms with E-state index in [0.29, 0.717) is 18.8 Å². The molecule has 138 valence electrons. The highest BCUT2D eigenvalue weighted by Crippen LogP contribution is 2.32. The van der Waals surface area contributed by atoms with Crippen LogP contribution in [0.2, 0.25) is 0 Å². The summed E-state index contributed by atoms with van der Waals surface area (Å²) >= 11 is 0. The van der Waals surface area contributed by atoms with Crippen molar-refractivity contribution in [2.24, 2.45) is 0 Å². The highest BCUT2D eigenvalue weighted by molar-refractivity contribution is 7.89. The van der Waals surface area contributed by atoms with Crippen LogP contribution in [0.5, 0.6) is 5.75 Å². The van der Waals surface area contributed by atoms with Gasteiger partial charge in [-0.3, -0.25) is 4.79 Å². The molecular weight excluding hydrogens is 359 g/mol. The summed E-state index contributed by atoms with van der Waals surface area (Å²) in [5, 5.41) is 2.77. The second-order valence-electron chi connectivity index (χ2n) is 6.13. The first kappa shape index (κ1) is 18.3. The second-order valence-corrected chi connectivity index (χ2v) is 8.28. The lowest BCUT2D eigenvalue weighted by Crippen LogP contribution is -2.33. The third-order valence-corrected chi connectivity index (χ3v) is 6.04. The van der Waals surface area contributed by atoms with E-state index in [9.17, 15) is 17.6 Å². The minimum Gasteiger partial charge on any atom is -0.493 e. The number of carbonyl (C=O) groups excluding carboxylic acids is 1. The molecule has 1 aliphatic heterocycles. The third kappa shape index (κ3) is 3.42. The molecule has 26 heavy (non-hydrogen) atoms. The fourth-order valence-electron chi connectivity index (χ4n) is 2.78. The van der Waals surface area contributed by atoms with Crippen LogP contribution in [0.3, 0.4) is 0 Å². The summed E-state index contributed by atoms with van der Waals surface area (Å²) in [5.41, 5.74) is 0.501. The first-order valence-corrected chi connectivity index (χ1v) is 9.49. The van der Waals surface area contributed by atoms with E-state index in [-0.39, 0.29) is 16.5 Å². The van der Waals surface area contributed by atoms with Crippen molar-refractivity contribution in [3.63, 3.8) is 0 Å². The summed E-state index contributed by atoms with van der Waals surface area (Å²) in [6.07, 6.45) is 0.542. The molecule has 0 aliphatic carbocycles. The molecule has 0 aromatic heterocycles. The quantitative estimate of drug-likeness (QED) is 0.886. The van der Waals surface area contributed by atoms with Gasteiger partial charge in [0.2, 0.25) is 10.0 Å². The van der Waals surface area contributed by atoms with E-state index in [0.717, 1.165) is 28.1 Å². The number of para-hydroxylation sites is 1. The average Bonchev–Trinajstić information content (AvgIpc) is 2.62. The van der Waals surface area contributed by atoms with Gasteiger partial charge in [0.25, 0.3) is 5.91 Å². The van der Waals surface area contributed by atoms with Crippen molar-refractivity contribution >= 4 is 15.9 Å². The number of benzene rings is 2. The highest BCUT2D eigenvalue weighted by atomic mass is 32.2. The molecule has 0 saturated carbocycles. The van der Waals surface area contributed by atoms with Gasteiger partial charge in [0, 0.05) is 26.1 Å². The Morgan fingerprint density at radius 2 is 1.96 bits per heavy atom. The predicted octanol–water partition coefficient (Wildman–Crippen LogP) is 2.33. The summed E-state index contributed by atoms with van der Waals surface area (Å²) in [6, 6.07) is 10.2. The van der Waals surface area contributed by atoms with E-state index in [4.69, 9.17) is 4.74 Å². The average molecular weight is 378 g/mol. The van der Waals surface area contributed by atoms with E-state index in [1.54, 1.807) is 6.07 Å². The molecule has 3 rings (SSSR count). The molecule has 1 N–H and O–H groups in total. The molecule has 8 heteroatoms. The Labute approximate surface area is 151 Å². The molecule has 0 radical (unpaired) electrons. The fourth-order valence-corrected chi connectivity index (χ4v) is 3.71. The van der Waals surface area contributed by atoms with Crippen LogP contribution in [0.4, 0.5) is 4.39 Å². The second kappa shape index (κ2) is 7.05. The van der Waals surface area contributed by atoms with Gasteiger partial charge in [0.05, 0.1) is 23.1 Å². The van der Waals surface area contributed by atoms with E-state index < -0.39 is 21.7 Å². The van der Waals surface area contributed by atoms with Gasteiger partial charge in [-0.15, -0.1) is 0 Å². The van der Waals surface area contributed by atoms with Gasteiger partial charge in [-0.1, -0.05) is 18.2 Å². The van der Waals surface area contributed by atoms with Crippen molar-refractivity contribution in [3.05, 3.63) is 59.4 Å². The van der Waals surface area contributed by atoms with Gasteiger partial charge in [-0.2, -0.15) is 0 Å². The SMILES string of the molecule is CN(C)S(=O)(=O)c1ccc(F)c(C(=O)N[C@H]2CCOc3ccccc32)c1. The first-order chi connectivity index (χ1) is 12.3. The Bertz CT molecular complexity index is 944. The molecule has 1 atom stereocenters. The summed E-state index contributed by atoms with van der Waals surface area (Å²) < 4.78 is 45.2. The van der Waals surface area contributed by atoms with Crippen molar-refractivity contribution in [2.45, 2.75) is 17.4 Å². The van der Waals surface area contributed by atoms with Crippen LogP contribution in [0.15, 0.2) is 47.4 Å². The van der Waals surface area contributed by atoms with Crippen LogP contribution >= 0.6 is 0 Å². The number of hydrogen-bond acceptors (Lipinski definition) is 4. The molecule has 6 nitrogen and oxygen atoms in total. The van der Waals surface area contributed by atoms with Crippen molar-refractivity contribution in [1.29, 1.82) is 0 Å². The molecule has 2 aromatic rings. The van der Waals surface area contributed by atoms with Gasteiger partial charge in [0.1, 0.15) is 11.6 Å². The van der Waals surface area contributed by atoms with Crippen molar-refractivity contribution < 1.29 is 22.3 Å². The van der Waals surface area contributed by atoms with Crippen LogP contribution in [0.1, 0.15) is 28.4 Å². The number of sulfonamides is 1. The van der Waals surface area contributed by atoms with Gasteiger partial charge in [0.15, 0.2) is 0 Å². The van der Waals surface area contributed by atoms with Gasteiger partial charge in [-0.25, -0.2) is 17.1 Å². The maximum atomic E-state index is 14.2. The van der Waals surface area contributed by atoms with Crippen molar-refractivity contribution in [2.75, 3.05) is 20.7 Å². The van der Waals surface area contributed by atoms with Crippen molar-refractivity contribution in [3.8, 4) is 5.75 Å². The smallest absolute Gasteiger partial charge is 0.254 e. The Morgan fingerprint density at radius 1 is 1.23 bits per heavy atom. The number of rotatable bonds is 4. The molecule has 0 fully saturated rings. The Kier molecular flexibility index (Phi) is 4.97. The van der Waals surface area contributed by atoms with Crippen LogP contribution in [-0.4, -0.2) is 39.3 Å². The van der Waals surface area contributed by atoms with Crippen LogP contribution in [0, 0.1) is 5.82 Å². The van der Waals surface area contributed by atoms with Crippen LogP contribution < -0.4 is 10.1 Å². The Morgan fingerprint density at radius 3 is 2.69 bits per heavy atom.